The Morgan fingerprint density at radius 2 is 1.22 bits per heavy atom. The lowest BCUT2D eigenvalue weighted by molar-refractivity contribution is 0.304. The lowest BCUT2D eigenvalue weighted by Gasteiger charge is -2.36. The zero-order valence-electron chi connectivity index (χ0n) is 8.68. The number of halogens is 6. The molecule has 0 amide bonds. The van der Waals surface area contributed by atoms with Gasteiger partial charge in [-0.1, -0.05) is 46.4 Å². The van der Waals surface area contributed by atoms with Crippen LogP contribution in [-0.2, 0) is 0 Å². The molecule has 3 aliphatic carbocycles. The highest BCUT2D eigenvalue weighted by molar-refractivity contribution is 6.65. The van der Waals surface area contributed by atoms with E-state index in [0.717, 1.165) is 6.42 Å². The third-order valence-corrected chi connectivity index (χ3v) is 9.02. The van der Waals surface area contributed by atoms with E-state index in [0.29, 0.717) is 0 Å². The average Bonchev–Trinajstić information content (AvgIpc) is 2.97. The van der Waals surface area contributed by atoms with E-state index in [-0.39, 0.29) is 34.0 Å². The third-order valence-electron chi connectivity index (χ3n) is 4.73. The Hall–Kier alpha value is 1.08. The standard InChI is InChI=1S/C10H6Cl6N2/c11-6-7(12)9(14)5-3-1-2(17-18-3)4(5)8(6,13)10(9,15)16/h2-5H,1H2. The molecule has 0 aromatic carbocycles. The summed E-state index contributed by atoms with van der Waals surface area (Å²) in [6.07, 6.45) is 0.816. The maximum Gasteiger partial charge on any atom is 0.167 e. The number of hydrogen-bond acceptors (Lipinski definition) is 2. The van der Waals surface area contributed by atoms with Crippen LogP contribution in [0.5, 0.6) is 0 Å². The number of hydrogen-bond donors (Lipinski definition) is 0. The van der Waals surface area contributed by atoms with E-state index < -0.39 is 14.1 Å². The predicted octanol–water partition coefficient (Wildman–Crippen LogP) is 4.67. The molecule has 0 radical (unpaired) electrons. The second kappa shape index (κ2) is 3.28. The molecule has 4 rings (SSSR count). The molecule has 2 saturated carbocycles. The molecule has 0 aromatic heterocycles. The summed E-state index contributed by atoms with van der Waals surface area (Å²) in [5, 5.41) is 8.93. The van der Waals surface area contributed by atoms with Crippen LogP contribution in [0.15, 0.2) is 20.3 Å². The molecule has 8 heteroatoms. The second-order valence-corrected chi connectivity index (χ2v) is 8.55. The van der Waals surface area contributed by atoms with Gasteiger partial charge in [0.2, 0.25) is 0 Å². The van der Waals surface area contributed by atoms with Gasteiger partial charge in [0, 0.05) is 11.8 Å². The van der Waals surface area contributed by atoms with Gasteiger partial charge < -0.3 is 0 Å². The molecule has 6 unspecified atom stereocenters. The minimum absolute atomic E-state index is 0.0199. The number of nitrogens with zero attached hydrogens (tertiary/aromatic N) is 2. The summed E-state index contributed by atoms with van der Waals surface area (Å²) in [6.45, 7) is 0. The topological polar surface area (TPSA) is 24.7 Å². The van der Waals surface area contributed by atoms with Crippen molar-refractivity contribution in [2.75, 3.05) is 0 Å². The lowest BCUT2D eigenvalue weighted by Crippen LogP contribution is -2.46. The summed E-state index contributed by atoms with van der Waals surface area (Å²) in [7, 11) is 0. The number of azo groups is 1. The Morgan fingerprint density at radius 3 is 1.61 bits per heavy atom. The maximum absolute atomic E-state index is 6.69. The van der Waals surface area contributed by atoms with E-state index >= 15 is 0 Å². The van der Waals surface area contributed by atoms with Crippen LogP contribution < -0.4 is 0 Å². The first kappa shape index (κ1) is 12.8. The molecule has 0 aromatic rings. The Bertz CT molecular complexity index is 488. The minimum atomic E-state index is -1.45. The highest BCUT2D eigenvalue weighted by atomic mass is 35.5. The Labute approximate surface area is 134 Å². The van der Waals surface area contributed by atoms with Gasteiger partial charge in [-0.15, -0.1) is 23.2 Å². The van der Waals surface area contributed by atoms with Crippen molar-refractivity contribution in [2.24, 2.45) is 22.1 Å². The van der Waals surface area contributed by atoms with E-state index in [2.05, 4.69) is 10.2 Å². The van der Waals surface area contributed by atoms with Gasteiger partial charge in [-0.25, -0.2) is 0 Å². The van der Waals surface area contributed by atoms with Gasteiger partial charge in [0.05, 0.1) is 22.1 Å². The summed E-state index contributed by atoms with van der Waals surface area (Å²) in [5.41, 5.74) is 0. The fraction of sp³-hybridized carbons (Fsp3) is 0.800. The SMILES string of the molecule is ClC1=C(Cl)C2(Cl)C3C4CC(N=N4)C3C1(Cl)C2(Cl)Cl. The fourth-order valence-corrected chi connectivity index (χ4v) is 7.13. The summed E-state index contributed by atoms with van der Waals surface area (Å²) in [5.74, 6) is -0.215. The largest absolute Gasteiger partial charge is 0.190 e. The molecule has 1 aliphatic heterocycles. The van der Waals surface area contributed by atoms with Gasteiger partial charge in [0.15, 0.2) is 4.33 Å². The van der Waals surface area contributed by atoms with Crippen LogP contribution in [0.1, 0.15) is 6.42 Å². The van der Waals surface area contributed by atoms with E-state index in [1.54, 1.807) is 0 Å². The molecule has 18 heavy (non-hydrogen) atoms. The number of allylic oxidation sites excluding steroid dienone is 2. The first-order valence-corrected chi connectivity index (χ1v) is 7.76. The Morgan fingerprint density at radius 1 is 0.833 bits per heavy atom. The smallest absolute Gasteiger partial charge is 0.167 e. The molecule has 0 saturated heterocycles. The summed E-state index contributed by atoms with van der Waals surface area (Å²) in [4.78, 5) is -2.33. The van der Waals surface area contributed by atoms with Crippen molar-refractivity contribution in [1.29, 1.82) is 0 Å². The molecule has 1 heterocycles. The summed E-state index contributed by atoms with van der Waals surface area (Å²) < 4.78 is -1.45. The summed E-state index contributed by atoms with van der Waals surface area (Å²) >= 11 is 38.9. The molecule has 6 atom stereocenters. The molecule has 4 bridgehead atoms. The molecule has 2 nitrogen and oxygen atoms in total. The van der Waals surface area contributed by atoms with Crippen LogP contribution in [-0.4, -0.2) is 26.2 Å². The van der Waals surface area contributed by atoms with Gasteiger partial charge in [0.1, 0.15) is 9.75 Å². The van der Waals surface area contributed by atoms with Gasteiger partial charge in [0.25, 0.3) is 0 Å². The Kier molecular flexibility index (Phi) is 2.33. The lowest BCUT2D eigenvalue weighted by atomic mass is 9.81. The summed E-state index contributed by atoms with van der Waals surface area (Å²) in [6, 6.07) is -0.0398. The quantitative estimate of drug-likeness (QED) is 0.439. The molecule has 98 valence electrons. The van der Waals surface area contributed by atoms with Crippen molar-refractivity contribution in [1.82, 2.24) is 0 Å². The highest BCUT2D eigenvalue weighted by Gasteiger charge is 2.86. The van der Waals surface area contributed by atoms with E-state index in [1.165, 1.54) is 0 Å². The van der Waals surface area contributed by atoms with Crippen molar-refractivity contribution < 1.29 is 0 Å². The van der Waals surface area contributed by atoms with Crippen molar-refractivity contribution in [3.8, 4) is 0 Å². The van der Waals surface area contributed by atoms with Gasteiger partial charge >= 0.3 is 0 Å². The van der Waals surface area contributed by atoms with E-state index in [9.17, 15) is 0 Å². The zero-order chi connectivity index (χ0) is 13.1. The first-order valence-electron chi connectivity index (χ1n) is 5.49. The average molecular weight is 367 g/mol. The van der Waals surface area contributed by atoms with Crippen LogP contribution in [0.3, 0.4) is 0 Å². The zero-order valence-corrected chi connectivity index (χ0v) is 13.2. The third kappa shape index (κ3) is 0.953. The minimum Gasteiger partial charge on any atom is -0.190 e. The molecule has 0 N–H and O–H groups in total. The van der Waals surface area contributed by atoms with Gasteiger partial charge in [-0.05, 0) is 6.42 Å². The van der Waals surface area contributed by atoms with Crippen LogP contribution >= 0.6 is 69.6 Å². The number of rotatable bonds is 0. The monoisotopic (exact) mass is 364 g/mol. The predicted molar refractivity (Wildman–Crippen MR) is 74.4 cm³/mol. The molecule has 4 aliphatic rings. The van der Waals surface area contributed by atoms with Crippen molar-refractivity contribution in [2.45, 2.75) is 32.6 Å². The van der Waals surface area contributed by atoms with Crippen LogP contribution in [0, 0.1) is 11.8 Å². The van der Waals surface area contributed by atoms with Crippen molar-refractivity contribution >= 4 is 69.6 Å². The highest BCUT2D eigenvalue weighted by Crippen LogP contribution is 2.80. The van der Waals surface area contributed by atoms with Crippen LogP contribution in [0.25, 0.3) is 0 Å². The number of alkyl halides is 4. The molecular weight excluding hydrogens is 361 g/mol. The fourth-order valence-electron chi connectivity index (χ4n) is 4.02. The molecule has 0 spiro atoms. The van der Waals surface area contributed by atoms with Crippen molar-refractivity contribution in [3.05, 3.63) is 10.1 Å². The van der Waals surface area contributed by atoms with Crippen molar-refractivity contribution in [3.63, 3.8) is 0 Å². The first-order chi connectivity index (χ1) is 8.28. The normalized spacial score (nSPS) is 58.8. The van der Waals surface area contributed by atoms with Gasteiger partial charge in [-0.3, -0.25) is 0 Å². The van der Waals surface area contributed by atoms with Crippen LogP contribution in [0.4, 0.5) is 0 Å². The van der Waals surface area contributed by atoms with E-state index in [4.69, 9.17) is 69.6 Å². The van der Waals surface area contributed by atoms with Gasteiger partial charge in [-0.2, -0.15) is 10.2 Å². The molecular formula is C10H6Cl6N2. The van der Waals surface area contributed by atoms with E-state index in [1.807, 2.05) is 0 Å². The van der Waals surface area contributed by atoms with Crippen LogP contribution in [0.2, 0.25) is 0 Å². The molecule has 2 fully saturated rings. The maximum atomic E-state index is 6.69. The number of fused-ring (bicyclic) bond motifs is 9. The second-order valence-electron chi connectivity index (χ2n) is 5.28. The Balaban J connectivity index is 2.03.